The highest BCUT2D eigenvalue weighted by atomic mass is 35.5. The molecule has 1 saturated heterocycles. The second-order valence-electron chi connectivity index (χ2n) is 5.36. The molecule has 2 rings (SSSR count). The van der Waals surface area contributed by atoms with Crippen LogP contribution in [0.4, 0.5) is 4.39 Å². The molecule has 118 valence electrons. The van der Waals surface area contributed by atoms with E-state index in [0.717, 1.165) is 19.3 Å². The normalized spacial score (nSPS) is 20.7. The molecular formula is C14H20ClFN2O2S. The van der Waals surface area contributed by atoms with E-state index in [-0.39, 0.29) is 22.0 Å². The van der Waals surface area contributed by atoms with Gasteiger partial charge in [-0.2, -0.15) is 4.31 Å². The molecule has 1 unspecified atom stereocenters. The monoisotopic (exact) mass is 334 g/mol. The first-order chi connectivity index (χ1) is 9.90. The van der Waals surface area contributed by atoms with E-state index in [9.17, 15) is 12.8 Å². The Bertz CT molecular complexity index is 622. The number of hydrogen-bond acceptors (Lipinski definition) is 3. The molecule has 1 aromatic rings. The highest BCUT2D eigenvalue weighted by Gasteiger charge is 2.32. The smallest absolute Gasteiger partial charge is 0.246 e. The van der Waals surface area contributed by atoms with E-state index in [1.54, 1.807) is 0 Å². The Morgan fingerprint density at radius 3 is 2.81 bits per heavy atom. The number of piperidine rings is 1. The fourth-order valence-electron chi connectivity index (χ4n) is 2.67. The van der Waals surface area contributed by atoms with Crippen LogP contribution in [0, 0.1) is 11.7 Å². The zero-order valence-electron chi connectivity index (χ0n) is 12.0. The summed E-state index contributed by atoms with van der Waals surface area (Å²) in [4.78, 5) is -0.368. The number of hydrogen-bond donors (Lipinski definition) is 1. The van der Waals surface area contributed by atoms with Crippen LogP contribution in [0.15, 0.2) is 17.0 Å². The lowest BCUT2D eigenvalue weighted by atomic mass is 9.97. The molecule has 0 saturated carbocycles. The minimum atomic E-state index is -3.87. The van der Waals surface area contributed by atoms with E-state index in [1.165, 1.54) is 16.4 Å². The van der Waals surface area contributed by atoms with Gasteiger partial charge in [0.1, 0.15) is 10.7 Å². The number of sulfonamides is 1. The molecule has 21 heavy (non-hydrogen) atoms. The van der Waals surface area contributed by atoms with Crippen molar-refractivity contribution in [1.82, 2.24) is 4.31 Å². The van der Waals surface area contributed by atoms with Crippen molar-refractivity contribution in [3.63, 3.8) is 0 Å². The van der Waals surface area contributed by atoms with Crippen LogP contribution in [0.5, 0.6) is 0 Å². The first kappa shape index (κ1) is 16.7. The topological polar surface area (TPSA) is 63.4 Å². The Hall–Kier alpha value is -0.690. The molecule has 1 heterocycles. The Morgan fingerprint density at radius 2 is 2.19 bits per heavy atom. The molecule has 1 aliphatic rings. The average molecular weight is 335 g/mol. The second kappa shape index (κ2) is 6.60. The molecule has 0 aromatic heterocycles. The van der Waals surface area contributed by atoms with Crippen LogP contribution in [0.3, 0.4) is 0 Å². The molecule has 0 aliphatic carbocycles. The van der Waals surface area contributed by atoms with Crippen molar-refractivity contribution >= 4 is 21.6 Å². The molecule has 7 heteroatoms. The van der Waals surface area contributed by atoms with Gasteiger partial charge in [0, 0.05) is 30.2 Å². The lowest BCUT2D eigenvalue weighted by Gasteiger charge is -2.31. The molecule has 0 bridgehead atoms. The highest BCUT2D eigenvalue weighted by molar-refractivity contribution is 7.89. The van der Waals surface area contributed by atoms with Gasteiger partial charge in [-0.15, -0.1) is 0 Å². The third-order valence-electron chi connectivity index (χ3n) is 3.98. The summed E-state index contributed by atoms with van der Waals surface area (Å²) >= 11 is 5.90. The fraction of sp³-hybridized carbons (Fsp3) is 0.571. The average Bonchev–Trinajstić information content (AvgIpc) is 2.49. The Labute approximate surface area is 130 Å². The van der Waals surface area contributed by atoms with Crippen LogP contribution >= 0.6 is 11.6 Å². The van der Waals surface area contributed by atoms with Crippen LogP contribution in [-0.2, 0) is 16.6 Å². The third-order valence-corrected chi connectivity index (χ3v) is 6.06. The molecule has 1 aromatic carbocycles. The van der Waals surface area contributed by atoms with E-state index in [4.69, 9.17) is 17.3 Å². The molecule has 1 aliphatic heterocycles. The number of nitrogens with two attached hydrogens (primary N) is 1. The SMILES string of the molecule is CCC1CCCN(S(=O)(=O)c2cc(Cl)cc(CN)c2F)C1. The number of rotatable bonds is 4. The molecule has 1 atom stereocenters. The summed E-state index contributed by atoms with van der Waals surface area (Å²) in [7, 11) is -3.87. The van der Waals surface area contributed by atoms with Crippen molar-refractivity contribution < 1.29 is 12.8 Å². The number of nitrogens with zero attached hydrogens (tertiary/aromatic N) is 1. The third kappa shape index (κ3) is 3.39. The first-order valence-corrected chi connectivity index (χ1v) is 8.90. The van der Waals surface area contributed by atoms with E-state index in [2.05, 4.69) is 0 Å². The molecule has 4 nitrogen and oxygen atoms in total. The lowest BCUT2D eigenvalue weighted by Crippen LogP contribution is -2.40. The summed E-state index contributed by atoms with van der Waals surface area (Å²) in [6.45, 7) is 2.80. The highest BCUT2D eigenvalue weighted by Crippen LogP contribution is 2.29. The van der Waals surface area contributed by atoms with Crippen LogP contribution in [0.2, 0.25) is 5.02 Å². The van der Waals surface area contributed by atoms with Gasteiger partial charge < -0.3 is 5.73 Å². The van der Waals surface area contributed by atoms with Gasteiger partial charge in [0.2, 0.25) is 10.0 Å². The fourth-order valence-corrected chi connectivity index (χ4v) is 4.67. The van der Waals surface area contributed by atoms with Crippen LogP contribution in [0.25, 0.3) is 0 Å². The van der Waals surface area contributed by atoms with Gasteiger partial charge >= 0.3 is 0 Å². The van der Waals surface area contributed by atoms with E-state index in [1.807, 2.05) is 6.92 Å². The van der Waals surface area contributed by atoms with Gasteiger partial charge in [0.05, 0.1) is 0 Å². The largest absolute Gasteiger partial charge is 0.326 e. The molecule has 1 fully saturated rings. The lowest BCUT2D eigenvalue weighted by molar-refractivity contribution is 0.261. The maximum absolute atomic E-state index is 14.3. The zero-order chi connectivity index (χ0) is 15.6. The van der Waals surface area contributed by atoms with E-state index >= 15 is 0 Å². The minimum Gasteiger partial charge on any atom is -0.326 e. The predicted octanol–water partition coefficient (Wildman–Crippen LogP) is 2.75. The zero-order valence-corrected chi connectivity index (χ0v) is 13.6. The number of halogens is 2. The molecular weight excluding hydrogens is 315 g/mol. The first-order valence-electron chi connectivity index (χ1n) is 7.08. The summed E-state index contributed by atoms with van der Waals surface area (Å²) in [6.07, 6.45) is 2.72. The quantitative estimate of drug-likeness (QED) is 0.920. The number of benzene rings is 1. The second-order valence-corrected chi connectivity index (χ2v) is 7.70. The van der Waals surface area contributed by atoms with Crippen molar-refractivity contribution in [2.75, 3.05) is 13.1 Å². The molecule has 0 spiro atoms. The summed E-state index contributed by atoms with van der Waals surface area (Å²) < 4.78 is 41.1. The Kier molecular flexibility index (Phi) is 5.24. The Morgan fingerprint density at radius 1 is 1.48 bits per heavy atom. The van der Waals surface area contributed by atoms with Gasteiger partial charge in [0.25, 0.3) is 0 Å². The van der Waals surface area contributed by atoms with Crippen molar-refractivity contribution in [3.05, 3.63) is 28.5 Å². The van der Waals surface area contributed by atoms with Gasteiger partial charge in [-0.1, -0.05) is 24.9 Å². The summed E-state index contributed by atoms with van der Waals surface area (Å²) in [6, 6.07) is 2.53. The Balaban J connectivity index is 2.42. The summed E-state index contributed by atoms with van der Waals surface area (Å²) in [5, 5.41) is 0.180. The van der Waals surface area contributed by atoms with Crippen molar-refractivity contribution in [2.24, 2.45) is 11.7 Å². The van der Waals surface area contributed by atoms with E-state index in [0.29, 0.717) is 19.0 Å². The standard InChI is InChI=1S/C14H20ClFN2O2S/c1-2-10-4-3-5-18(9-10)21(19,20)13-7-12(15)6-11(8-17)14(13)16/h6-7,10H,2-5,8-9,17H2,1H3. The molecule has 0 radical (unpaired) electrons. The minimum absolute atomic E-state index is 0.0908. The maximum Gasteiger partial charge on any atom is 0.246 e. The van der Waals surface area contributed by atoms with Crippen LogP contribution < -0.4 is 5.73 Å². The van der Waals surface area contributed by atoms with Crippen molar-refractivity contribution in [3.8, 4) is 0 Å². The van der Waals surface area contributed by atoms with Crippen molar-refractivity contribution in [2.45, 2.75) is 37.6 Å². The van der Waals surface area contributed by atoms with Gasteiger partial charge in [-0.3, -0.25) is 0 Å². The van der Waals surface area contributed by atoms with Gasteiger partial charge in [-0.05, 0) is 30.9 Å². The molecule has 0 amide bonds. The van der Waals surface area contributed by atoms with Gasteiger partial charge in [0.15, 0.2) is 0 Å². The van der Waals surface area contributed by atoms with Crippen LogP contribution in [0.1, 0.15) is 31.7 Å². The van der Waals surface area contributed by atoms with Crippen LogP contribution in [-0.4, -0.2) is 25.8 Å². The van der Waals surface area contributed by atoms with Gasteiger partial charge in [-0.25, -0.2) is 12.8 Å². The van der Waals surface area contributed by atoms with E-state index < -0.39 is 15.8 Å². The summed E-state index contributed by atoms with van der Waals surface area (Å²) in [5.41, 5.74) is 5.56. The predicted molar refractivity (Wildman–Crippen MR) is 81.1 cm³/mol. The van der Waals surface area contributed by atoms with Crippen molar-refractivity contribution in [1.29, 1.82) is 0 Å². The maximum atomic E-state index is 14.3. The summed E-state index contributed by atoms with van der Waals surface area (Å²) in [5.74, 6) is -0.467. The molecule has 2 N–H and O–H groups in total.